The van der Waals surface area contributed by atoms with Gasteiger partial charge in [-0.2, -0.15) is 0 Å². The van der Waals surface area contributed by atoms with Crippen LogP contribution in [0.15, 0.2) is 0 Å². The van der Waals surface area contributed by atoms with Crippen LogP contribution in [0.1, 0.15) is 52.9 Å². The zero-order valence-corrected chi connectivity index (χ0v) is 12.6. The Labute approximate surface area is 113 Å². The van der Waals surface area contributed by atoms with Gasteiger partial charge in [-0.05, 0) is 52.7 Å². The van der Waals surface area contributed by atoms with Crippen LogP contribution in [-0.4, -0.2) is 49.8 Å². The lowest BCUT2D eigenvalue weighted by Crippen LogP contribution is -2.47. The fourth-order valence-corrected chi connectivity index (χ4v) is 2.50. The van der Waals surface area contributed by atoms with E-state index in [0.29, 0.717) is 12.1 Å². The lowest BCUT2D eigenvalue weighted by atomic mass is 10.1. The van der Waals surface area contributed by atoms with Crippen molar-refractivity contribution < 1.29 is 4.74 Å². The van der Waals surface area contributed by atoms with Crippen LogP contribution in [0.25, 0.3) is 0 Å². The molecule has 3 heteroatoms. The van der Waals surface area contributed by atoms with Crippen molar-refractivity contribution >= 4 is 0 Å². The summed E-state index contributed by atoms with van der Waals surface area (Å²) in [6.07, 6.45) is 7.06. The summed E-state index contributed by atoms with van der Waals surface area (Å²) >= 11 is 0. The molecule has 0 aromatic rings. The van der Waals surface area contributed by atoms with Crippen LogP contribution in [0.2, 0.25) is 0 Å². The summed E-state index contributed by atoms with van der Waals surface area (Å²) < 4.78 is 5.65. The molecule has 0 aliphatic carbocycles. The maximum Gasteiger partial charge on any atom is 0.0674 e. The van der Waals surface area contributed by atoms with Gasteiger partial charge in [-0.25, -0.2) is 0 Å². The average molecular weight is 256 g/mol. The highest BCUT2D eigenvalue weighted by atomic mass is 16.5. The fourth-order valence-electron chi connectivity index (χ4n) is 2.50. The van der Waals surface area contributed by atoms with Crippen LogP contribution >= 0.6 is 0 Å². The molecule has 0 saturated carbocycles. The van der Waals surface area contributed by atoms with Crippen molar-refractivity contribution in [2.45, 2.75) is 65.0 Å². The van der Waals surface area contributed by atoms with Crippen molar-refractivity contribution in [1.82, 2.24) is 10.2 Å². The van der Waals surface area contributed by atoms with E-state index in [1.807, 2.05) is 0 Å². The lowest BCUT2D eigenvalue weighted by Gasteiger charge is -2.36. The Bertz CT molecular complexity index is 199. The van der Waals surface area contributed by atoms with E-state index in [9.17, 15) is 0 Å². The Morgan fingerprint density at radius 1 is 1.11 bits per heavy atom. The molecule has 108 valence electrons. The van der Waals surface area contributed by atoms with Gasteiger partial charge in [0.05, 0.1) is 12.7 Å². The normalized spacial score (nSPS) is 25.5. The molecule has 18 heavy (non-hydrogen) atoms. The molecule has 1 aliphatic rings. The molecule has 1 fully saturated rings. The van der Waals surface area contributed by atoms with Gasteiger partial charge in [0, 0.05) is 12.6 Å². The van der Waals surface area contributed by atoms with Crippen molar-refractivity contribution in [3.8, 4) is 0 Å². The largest absolute Gasteiger partial charge is 0.376 e. The van der Waals surface area contributed by atoms with Gasteiger partial charge in [0.2, 0.25) is 0 Å². The van der Waals surface area contributed by atoms with Gasteiger partial charge in [-0.15, -0.1) is 0 Å². The number of nitrogens with zero attached hydrogens (tertiary/aromatic N) is 1. The number of unbranched alkanes of at least 4 members (excludes halogenated alkanes) is 3. The van der Waals surface area contributed by atoms with Gasteiger partial charge < -0.3 is 10.1 Å². The van der Waals surface area contributed by atoms with Crippen molar-refractivity contribution in [1.29, 1.82) is 0 Å². The minimum atomic E-state index is 0.416. The number of morpholine rings is 1. The van der Waals surface area contributed by atoms with E-state index in [2.05, 4.69) is 31.0 Å². The Balaban J connectivity index is 1.93. The molecule has 3 nitrogen and oxygen atoms in total. The zero-order valence-electron chi connectivity index (χ0n) is 12.6. The van der Waals surface area contributed by atoms with Crippen molar-refractivity contribution in [3.63, 3.8) is 0 Å². The van der Waals surface area contributed by atoms with Crippen LogP contribution in [0.5, 0.6) is 0 Å². The number of nitrogens with one attached hydrogen (secondary N) is 1. The standard InChI is InChI=1S/C15H32N2O/c1-4-9-16-10-7-5-6-8-11-17-12-15(3)18-13-14(17)2/h14-16H,4-13H2,1-3H3. The second-order valence-electron chi connectivity index (χ2n) is 5.65. The first-order valence-corrected chi connectivity index (χ1v) is 7.80. The molecule has 2 atom stereocenters. The number of hydrogen-bond acceptors (Lipinski definition) is 3. The predicted molar refractivity (Wildman–Crippen MR) is 78.1 cm³/mol. The van der Waals surface area contributed by atoms with Gasteiger partial charge in [-0.3, -0.25) is 4.90 Å². The van der Waals surface area contributed by atoms with Gasteiger partial charge in [-0.1, -0.05) is 19.8 Å². The molecule has 0 spiro atoms. The molecule has 1 aliphatic heterocycles. The monoisotopic (exact) mass is 256 g/mol. The summed E-state index contributed by atoms with van der Waals surface area (Å²) in [7, 11) is 0. The minimum absolute atomic E-state index is 0.416. The van der Waals surface area contributed by atoms with E-state index >= 15 is 0 Å². The Morgan fingerprint density at radius 3 is 2.67 bits per heavy atom. The molecule has 0 aromatic carbocycles. The Hall–Kier alpha value is -0.120. The van der Waals surface area contributed by atoms with E-state index < -0.39 is 0 Å². The first-order valence-electron chi connectivity index (χ1n) is 7.80. The van der Waals surface area contributed by atoms with Gasteiger partial charge >= 0.3 is 0 Å². The third-order valence-electron chi connectivity index (χ3n) is 3.71. The molecule has 0 aromatic heterocycles. The quantitative estimate of drug-likeness (QED) is 0.642. The minimum Gasteiger partial charge on any atom is -0.376 e. The second kappa shape index (κ2) is 9.76. The van der Waals surface area contributed by atoms with E-state index in [-0.39, 0.29) is 0 Å². The van der Waals surface area contributed by atoms with Crippen molar-refractivity contribution in [2.75, 3.05) is 32.8 Å². The molecular formula is C15H32N2O. The molecule has 1 N–H and O–H groups in total. The van der Waals surface area contributed by atoms with Crippen LogP contribution in [0.3, 0.4) is 0 Å². The topological polar surface area (TPSA) is 24.5 Å². The Morgan fingerprint density at radius 2 is 1.89 bits per heavy atom. The van der Waals surface area contributed by atoms with E-state index in [1.165, 1.54) is 51.7 Å². The third kappa shape index (κ3) is 6.72. The summed E-state index contributed by atoms with van der Waals surface area (Å²) in [5.74, 6) is 0. The third-order valence-corrected chi connectivity index (χ3v) is 3.71. The fraction of sp³-hybridized carbons (Fsp3) is 1.00. The van der Waals surface area contributed by atoms with E-state index in [1.54, 1.807) is 0 Å². The van der Waals surface area contributed by atoms with Crippen LogP contribution in [-0.2, 0) is 4.74 Å². The molecule has 2 unspecified atom stereocenters. The van der Waals surface area contributed by atoms with Crippen LogP contribution in [0, 0.1) is 0 Å². The predicted octanol–water partition coefficient (Wildman–Crippen LogP) is 2.66. The summed E-state index contributed by atoms with van der Waals surface area (Å²) in [6.45, 7) is 12.3. The molecule has 1 saturated heterocycles. The van der Waals surface area contributed by atoms with E-state index in [4.69, 9.17) is 4.74 Å². The highest BCUT2D eigenvalue weighted by Crippen LogP contribution is 2.12. The summed E-state index contributed by atoms with van der Waals surface area (Å²) in [4.78, 5) is 2.59. The molecule has 0 amide bonds. The lowest BCUT2D eigenvalue weighted by molar-refractivity contribution is -0.0496. The van der Waals surface area contributed by atoms with Crippen LogP contribution < -0.4 is 5.32 Å². The Kier molecular flexibility index (Phi) is 8.64. The van der Waals surface area contributed by atoms with Crippen LogP contribution in [0.4, 0.5) is 0 Å². The number of ether oxygens (including phenoxy) is 1. The highest BCUT2D eigenvalue weighted by Gasteiger charge is 2.22. The highest BCUT2D eigenvalue weighted by molar-refractivity contribution is 4.74. The van der Waals surface area contributed by atoms with Gasteiger partial charge in [0.25, 0.3) is 0 Å². The molecule has 0 bridgehead atoms. The summed E-state index contributed by atoms with van der Waals surface area (Å²) in [6, 6.07) is 0.604. The molecule has 1 rings (SSSR count). The molecular weight excluding hydrogens is 224 g/mol. The molecule has 1 heterocycles. The number of hydrogen-bond donors (Lipinski definition) is 1. The van der Waals surface area contributed by atoms with Gasteiger partial charge in [0.1, 0.15) is 0 Å². The first kappa shape index (κ1) is 15.9. The second-order valence-corrected chi connectivity index (χ2v) is 5.65. The average Bonchev–Trinajstić information content (AvgIpc) is 2.36. The smallest absolute Gasteiger partial charge is 0.0674 e. The maximum absolute atomic E-state index is 5.65. The van der Waals surface area contributed by atoms with E-state index in [0.717, 1.165) is 13.2 Å². The maximum atomic E-state index is 5.65. The zero-order chi connectivity index (χ0) is 13.2. The molecule has 0 radical (unpaired) electrons. The SMILES string of the molecule is CCCNCCCCCCN1CC(C)OCC1C. The summed E-state index contributed by atoms with van der Waals surface area (Å²) in [5.41, 5.74) is 0. The summed E-state index contributed by atoms with van der Waals surface area (Å²) in [5, 5.41) is 3.46. The van der Waals surface area contributed by atoms with Crippen molar-refractivity contribution in [3.05, 3.63) is 0 Å². The first-order chi connectivity index (χ1) is 8.74. The number of rotatable bonds is 9. The van der Waals surface area contributed by atoms with Crippen molar-refractivity contribution in [2.24, 2.45) is 0 Å². The van der Waals surface area contributed by atoms with Gasteiger partial charge in [0.15, 0.2) is 0 Å².